The lowest BCUT2D eigenvalue weighted by Gasteiger charge is -2.14. The second kappa shape index (κ2) is 7.78. The van der Waals surface area contributed by atoms with E-state index in [9.17, 15) is 14.4 Å². The van der Waals surface area contributed by atoms with Gasteiger partial charge in [-0.15, -0.1) is 0 Å². The summed E-state index contributed by atoms with van der Waals surface area (Å²) in [6.45, 7) is 2.71. The number of hydrogen-bond donors (Lipinski definition) is 2. The zero-order chi connectivity index (χ0) is 17.6. The largest absolute Gasteiger partial charge is 0.354 e. The van der Waals surface area contributed by atoms with E-state index in [0.717, 1.165) is 0 Å². The van der Waals surface area contributed by atoms with Gasteiger partial charge >= 0.3 is 6.03 Å². The van der Waals surface area contributed by atoms with Crippen LogP contribution < -0.4 is 16.2 Å². The van der Waals surface area contributed by atoms with Crippen LogP contribution in [0.25, 0.3) is 10.9 Å². The molecule has 132 valence electrons. The van der Waals surface area contributed by atoms with Crippen LogP contribution in [0.5, 0.6) is 0 Å². The van der Waals surface area contributed by atoms with Gasteiger partial charge in [-0.2, -0.15) is 0 Å². The molecule has 1 aromatic carbocycles. The first-order chi connectivity index (χ1) is 12.1. The third-order valence-electron chi connectivity index (χ3n) is 4.18. The molecule has 0 atom stereocenters. The number of nitrogens with zero attached hydrogens (tertiary/aromatic N) is 3. The lowest BCUT2D eigenvalue weighted by molar-refractivity contribution is -0.121. The number of amides is 3. The molecule has 8 nitrogen and oxygen atoms in total. The topological polar surface area (TPSA) is 96.3 Å². The van der Waals surface area contributed by atoms with Crippen molar-refractivity contribution < 1.29 is 9.59 Å². The summed E-state index contributed by atoms with van der Waals surface area (Å²) in [5, 5.41) is 6.09. The van der Waals surface area contributed by atoms with E-state index in [2.05, 4.69) is 15.6 Å². The Morgan fingerprint density at radius 3 is 2.88 bits per heavy atom. The molecular weight excluding hydrogens is 322 g/mol. The standard InChI is InChI=1S/C17H21N5O3/c23-15(18-7-10-21-11-8-19-17(21)25)6-3-9-22-12-20-14-5-2-1-4-13(14)16(22)24/h1-2,4-5,12H,3,6-11H2,(H,18,23)(H,19,25). The van der Waals surface area contributed by atoms with Crippen molar-refractivity contribution in [3.8, 4) is 0 Å². The summed E-state index contributed by atoms with van der Waals surface area (Å²) < 4.78 is 1.53. The molecule has 1 aliphatic rings. The number of fused-ring (bicyclic) bond motifs is 1. The Bertz CT molecular complexity index is 832. The molecule has 25 heavy (non-hydrogen) atoms. The van der Waals surface area contributed by atoms with Gasteiger partial charge in [0.1, 0.15) is 0 Å². The first-order valence-corrected chi connectivity index (χ1v) is 8.39. The van der Waals surface area contributed by atoms with Gasteiger partial charge in [0.25, 0.3) is 5.56 Å². The Labute approximate surface area is 144 Å². The van der Waals surface area contributed by atoms with Crippen molar-refractivity contribution in [2.45, 2.75) is 19.4 Å². The Hall–Kier alpha value is -2.90. The van der Waals surface area contributed by atoms with Crippen LogP contribution in [0.2, 0.25) is 0 Å². The van der Waals surface area contributed by atoms with Crippen molar-refractivity contribution >= 4 is 22.8 Å². The van der Waals surface area contributed by atoms with E-state index in [4.69, 9.17) is 0 Å². The zero-order valence-corrected chi connectivity index (χ0v) is 13.9. The van der Waals surface area contributed by atoms with Gasteiger partial charge in [0, 0.05) is 39.1 Å². The van der Waals surface area contributed by atoms with Gasteiger partial charge in [-0.1, -0.05) is 12.1 Å². The molecule has 0 unspecified atom stereocenters. The van der Waals surface area contributed by atoms with Crippen molar-refractivity contribution in [2.24, 2.45) is 0 Å². The summed E-state index contributed by atoms with van der Waals surface area (Å²) in [7, 11) is 0. The maximum absolute atomic E-state index is 12.3. The van der Waals surface area contributed by atoms with E-state index in [-0.39, 0.29) is 17.5 Å². The average molecular weight is 343 g/mol. The Kier molecular flexibility index (Phi) is 5.27. The Morgan fingerprint density at radius 1 is 1.24 bits per heavy atom. The molecule has 3 amide bonds. The van der Waals surface area contributed by atoms with E-state index < -0.39 is 0 Å². The number of carbonyl (C=O) groups excluding carboxylic acids is 2. The molecule has 0 spiro atoms. The molecule has 1 saturated heterocycles. The molecule has 1 aliphatic heterocycles. The second-order valence-corrected chi connectivity index (χ2v) is 5.93. The SMILES string of the molecule is O=C(CCCn1cnc2ccccc2c1=O)NCCN1CCNC1=O. The highest BCUT2D eigenvalue weighted by atomic mass is 16.2. The van der Waals surface area contributed by atoms with Gasteiger partial charge in [-0.25, -0.2) is 9.78 Å². The summed E-state index contributed by atoms with van der Waals surface area (Å²) in [6, 6.07) is 7.12. The molecule has 0 radical (unpaired) electrons. The minimum atomic E-state index is -0.0916. The maximum atomic E-state index is 12.3. The van der Waals surface area contributed by atoms with Crippen molar-refractivity contribution in [2.75, 3.05) is 26.2 Å². The third kappa shape index (κ3) is 4.14. The lowest BCUT2D eigenvalue weighted by atomic mass is 10.2. The van der Waals surface area contributed by atoms with Gasteiger partial charge in [0.15, 0.2) is 0 Å². The minimum absolute atomic E-state index is 0.0820. The molecule has 0 bridgehead atoms. The smallest absolute Gasteiger partial charge is 0.317 e. The van der Waals surface area contributed by atoms with Crippen LogP contribution in [0.1, 0.15) is 12.8 Å². The highest BCUT2D eigenvalue weighted by Crippen LogP contribution is 2.05. The van der Waals surface area contributed by atoms with Crippen molar-refractivity contribution in [1.29, 1.82) is 0 Å². The summed E-state index contributed by atoms with van der Waals surface area (Å²) >= 11 is 0. The molecule has 1 aromatic heterocycles. The first kappa shape index (κ1) is 16.9. The number of aromatic nitrogens is 2. The normalized spacial score (nSPS) is 13.9. The maximum Gasteiger partial charge on any atom is 0.317 e. The van der Waals surface area contributed by atoms with Crippen LogP contribution in [0, 0.1) is 0 Å². The van der Waals surface area contributed by atoms with E-state index in [1.54, 1.807) is 17.0 Å². The molecule has 8 heteroatoms. The zero-order valence-electron chi connectivity index (χ0n) is 13.9. The second-order valence-electron chi connectivity index (χ2n) is 5.93. The van der Waals surface area contributed by atoms with Crippen LogP contribution in [-0.4, -0.2) is 52.6 Å². The molecule has 2 heterocycles. The quantitative estimate of drug-likeness (QED) is 0.757. The monoisotopic (exact) mass is 343 g/mol. The van der Waals surface area contributed by atoms with Crippen LogP contribution in [0.15, 0.2) is 35.4 Å². The predicted molar refractivity (Wildman–Crippen MR) is 93.2 cm³/mol. The predicted octanol–water partition coefficient (Wildman–Crippen LogP) is 0.318. The number of carbonyl (C=O) groups is 2. The lowest BCUT2D eigenvalue weighted by Crippen LogP contribution is -2.36. The molecule has 0 saturated carbocycles. The van der Waals surface area contributed by atoms with Gasteiger partial charge < -0.3 is 15.5 Å². The highest BCUT2D eigenvalue weighted by Gasteiger charge is 2.18. The number of urea groups is 1. The van der Waals surface area contributed by atoms with Crippen LogP contribution >= 0.6 is 0 Å². The summed E-state index contributed by atoms with van der Waals surface area (Å²) in [5.74, 6) is -0.0820. The number of hydrogen-bond acceptors (Lipinski definition) is 4. The number of benzene rings is 1. The Balaban J connectivity index is 1.43. The van der Waals surface area contributed by atoms with E-state index >= 15 is 0 Å². The van der Waals surface area contributed by atoms with Crippen molar-refractivity contribution in [3.05, 3.63) is 40.9 Å². The van der Waals surface area contributed by atoms with Crippen LogP contribution in [-0.2, 0) is 11.3 Å². The van der Waals surface area contributed by atoms with E-state index in [1.807, 2.05) is 12.1 Å². The van der Waals surface area contributed by atoms with E-state index in [1.165, 1.54) is 10.9 Å². The van der Waals surface area contributed by atoms with Gasteiger partial charge in [0.2, 0.25) is 5.91 Å². The minimum Gasteiger partial charge on any atom is -0.354 e. The third-order valence-corrected chi connectivity index (χ3v) is 4.18. The summed E-state index contributed by atoms with van der Waals surface area (Å²) in [5.41, 5.74) is 0.582. The fraction of sp³-hybridized carbons (Fsp3) is 0.412. The summed E-state index contributed by atoms with van der Waals surface area (Å²) in [4.78, 5) is 41.5. The molecular formula is C17H21N5O3. The van der Waals surface area contributed by atoms with Crippen LogP contribution in [0.3, 0.4) is 0 Å². The summed E-state index contributed by atoms with van der Waals surface area (Å²) in [6.07, 6.45) is 2.40. The Morgan fingerprint density at radius 2 is 2.08 bits per heavy atom. The first-order valence-electron chi connectivity index (χ1n) is 8.39. The molecule has 2 N–H and O–H groups in total. The van der Waals surface area contributed by atoms with Crippen molar-refractivity contribution in [3.63, 3.8) is 0 Å². The fourth-order valence-electron chi connectivity index (χ4n) is 2.82. The number of aryl methyl sites for hydroxylation is 1. The number of rotatable bonds is 7. The number of para-hydroxylation sites is 1. The van der Waals surface area contributed by atoms with Gasteiger partial charge in [0.05, 0.1) is 17.2 Å². The van der Waals surface area contributed by atoms with Crippen LogP contribution in [0.4, 0.5) is 4.79 Å². The van der Waals surface area contributed by atoms with E-state index in [0.29, 0.717) is 56.5 Å². The average Bonchev–Trinajstić information content (AvgIpc) is 3.02. The molecule has 1 fully saturated rings. The number of nitrogens with one attached hydrogen (secondary N) is 2. The van der Waals surface area contributed by atoms with Gasteiger partial charge in [-0.05, 0) is 18.6 Å². The fourth-order valence-corrected chi connectivity index (χ4v) is 2.82. The molecule has 2 aromatic rings. The molecule has 3 rings (SSSR count). The van der Waals surface area contributed by atoms with Gasteiger partial charge in [-0.3, -0.25) is 14.2 Å². The molecule has 0 aliphatic carbocycles. The highest BCUT2D eigenvalue weighted by molar-refractivity contribution is 5.77. The van der Waals surface area contributed by atoms with Crippen molar-refractivity contribution in [1.82, 2.24) is 25.1 Å².